The maximum Gasteiger partial charge on any atom is 0.325 e. The molecule has 6 heteroatoms. The third-order valence-corrected chi connectivity index (χ3v) is 2.21. The number of hydrogen-bond acceptors (Lipinski definition) is 4. The minimum Gasteiger partial charge on any atom is -0.502 e. The molecule has 0 fully saturated rings. The van der Waals surface area contributed by atoms with E-state index < -0.39 is 23.6 Å². The number of hydrogen-bond donors (Lipinski definition) is 3. The first kappa shape index (κ1) is 12.3. The molecule has 1 aromatic rings. The minimum atomic E-state index is -1.52. The summed E-state index contributed by atoms with van der Waals surface area (Å²) in [5, 5.41) is 18.1. The number of carboxylic acids is 1. The summed E-state index contributed by atoms with van der Waals surface area (Å²) in [6.45, 7) is 1.55. The normalized spacial score (nSPS) is 12.2. The van der Waals surface area contributed by atoms with Crippen LogP contribution in [0.2, 0.25) is 0 Å². The summed E-state index contributed by atoms with van der Waals surface area (Å²) >= 11 is 0. The molecular weight excluding hydrogens is 217 g/mol. The highest BCUT2D eigenvalue weighted by atomic mass is 19.1. The Bertz CT molecular complexity index is 433. The van der Waals surface area contributed by atoms with E-state index in [0.717, 1.165) is 0 Å². The molecule has 0 aliphatic rings. The van der Waals surface area contributed by atoms with Crippen molar-refractivity contribution >= 4 is 5.97 Å². The van der Waals surface area contributed by atoms with Gasteiger partial charge < -0.3 is 20.7 Å². The van der Waals surface area contributed by atoms with Crippen molar-refractivity contribution in [3.63, 3.8) is 0 Å². The van der Waals surface area contributed by atoms with Crippen molar-refractivity contribution in [2.24, 2.45) is 5.73 Å². The Balaban J connectivity index is 3.39. The molecule has 0 saturated carbocycles. The van der Waals surface area contributed by atoms with Gasteiger partial charge in [0.2, 0.25) is 0 Å². The number of methoxy groups -OCH3 is 1. The molecular formula is C10H12FNO4. The van der Waals surface area contributed by atoms with Crippen molar-refractivity contribution in [2.45, 2.75) is 13.0 Å². The van der Waals surface area contributed by atoms with Crippen LogP contribution in [0.5, 0.6) is 11.5 Å². The van der Waals surface area contributed by atoms with Crippen molar-refractivity contribution in [1.82, 2.24) is 0 Å². The van der Waals surface area contributed by atoms with Crippen LogP contribution in [-0.2, 0) is 4.79 Å². The molecule has 1 rings (SSSR count). The summed E-state index contributed by atoms with van der Waals surface area (Å²) < 4.78 is 18.3. The molecule has 0 aromatic heterocycles. The molecule has 88 valence electrons. The van der Waals surface area contributed by atoms with Crippen LogP contribution in [-0.4, -0.2) is 23.3 Å². The summed E-state index contributed by atoms with van der Waals surface area (Å²) in [5.41, 5.74) is 5.41. The lowest BCUT2D eigenvalue weighted by atomic mass is 10.0. The van der Waals surface area contributed by atoms with Gasteiger partial charge in [-0.2, -0.15) is 0 Å². The molecule has 0 saturated heterocycles. The number of rotatable bonds is 3. The Morgan fingerprint density at radius 1 is 1.62 bits per heavy atom. The number of ether oxygens (including phenoxy) is 1. The van der Waals surface area contributed by atoms with E-state index in [9.17, 15) is 14.3 Å². The standard InChI is InChI=1S/C10H12FNO4/c1-4-3-5(7(12)10(14)15)6(11)8(13)9(4)16-2/h3,7,13H,12H2,1-2H3,(H,14,15). The van der Waals surface area contributed by atoms with Gasteiger partial charge in [0.15, 0.2) is 17.3 Å². The Morgan fingerprint density at radius 2 is 2.19 bits per heavy atom. The molecule has 1 atom stereocenters. The summed E-state index contributed by atoms with van der Waals surface area (Å²) in [5.74, 6) is -3.20. The van der Waals surface area contributed by atoms with Gasteiger partial charge in [-0.3, -0.25) is 4.79 Å². The highest BCUT2D eigenvalue weighted by Crippen LogP contribution is 2.36. The van der Waals surface area contributed by atoms with Gasteiger partial charge in [-0.1, -0.05) is 0 Å². The average molecular weight is 229 g/mol. The molecule has 0 amide bonds. The fourth-order valence-electron chi connectivity index (χ4n) is 1.40. The molecule has 0 aliphatic heterocycles. The van der Waals surface area contributed by atoms with Crippen LogP contribution in [0, 0.1) is 12.7 Å². The second kappa shape index (κ2) is 4.36. The van der Waals surface area contributed by atoms with Crippen LogP contribution in [0.25, 0.3) is 0 Å². The first-order chi connectivity index (χ1) is 7.40. The SMILES string of the molecule is COc1c(C)cc(C(N)C(=O)O)c(F)c1O. The second-order valence-electron chi connectivity index (χ2n) is 3.29. The Hall–Kier alpha value is -1.82. The van der Waals surface area contributed by atoms with E-state index in [2.05, 4.69) is 0 Å². The Kier molecular flexibility index (Phi) is 3.34. The van der Waals surface area contributed by atoms with Crippen LogP contribution >= 0.6 is 0 Å². The predicted molar refractivity (Wildman–Crippen MR) is 53.9 cm³/mol. The number of phenols is 1. The van der Waals surface area contributed by atoms with E-state index in [0.29, 0.717) is 5.56 Å². The summed E-state index contributed by atoms with van der Waals surface area (Å²) in [4.78, 5) is 10.6. The van der Waals surface area contributed by atoms with Crippen LogP contribution in [0.3, 0.4) is 0 Å². The number of carboxylic acid groups (broad SMARTS) is 1. The molecule has 16 heavy (non-hydrogen) atoms. The zero-order valence-corrected chi connectivity index (χ0v) is 8.82. The zero-order chi connectivity index (χ0) is 12.5. The first-order valence-corrected chi connectivity index (χ1v) is 4.44. The van der Waals surface area contributed by atoms with Crippen molar-refractivity contribution in [1.29, 1.82) is 0 Å². The van der Waals surface area contributed by atoms with Crippen LogP contribution in [0.15, 0.2) is 6.07 Å². The van der Waals surface area contributed by atoms with E-state index in [1.165, 1.54) is 13.2 Å². The topological polar surface area (TPSA) is 92.8 Å². The number of halogens is 1. The van der Waals surface area contributed by atoms with E-state index in [4.69, 9.17) is 15.6 Å². The van der Waals surface area contributed by atoms with Crippen molar-refractivity contribution in [3.8, 4) is 11.5 Å². The summed E-state index contributed by atoms with van der Waals surface area (Å²) in [6, 6.07) is -0.275. The molecule has 0 radical (unpaired) electrons. The largest absolute Gasteiger partial charge is 0.502 e. The number of aliphatic carboxylic acids is 1. The number of benzene rings is 1. The lowest BCUT2D eigenvalue weighted by Gasteiger charge is -2.14. The number of aromatic hydroxyl groups is 1. The molecule has 0 heterocycles. The number of phenolic OH excluding ortho intramolecular Hbond substituents is 1. The van der Waals surface area contributed by atoms with Crippen molar-refractivity contribution in [2.75, 3.05) is 7.11 Å². The lowest BCUT2D eigenvalue weighted by molar-refractivity contribution is -0.138. The molecule has 0 bridgehead atoms. The quantitative estimate of drug-likeness (QED) is 0.717. The van der Waals surface area contributed by atoms with Crippen LogP contribution < -0.4 is 10.5 Å². The zero-order valence-electron chi connectivity index (χ0n) is 8.82. The predicted octanol–water partition coefficient (Wildman–Crippen LogP) is 0.933. The minimum absolute atomic E-state index is 0.0289. The van der Waals surface area contributed by atoms with Gasteiger partial charge in [-0.15, -0.1) is 0 Å². The lowest BCUT2D eigenvalue weighted by Crippen LogP contribution is -2.22. The number of nitrogens with two attached hydrogens (primary N) is 1. The van der Waals surface area contributed by atoms with E-state index >= 15 is 0 Å². The van der Waals surface area contributed by atoms with Crippen LogP contribution in [0.4, 0.5) is 4.39 Å². The molecule has 1 aromatic carbocycles. The third kappa shape index (κ3) is 1.92. The smallest absolute Gasteiger partial charge is 0.325 e. The fraction of sp³-hybridized carbons (Fsp3) is 0.300. The summed E-state index contributed by atoms with van der Waals surface area (Å²) in [7, 11) is 1.28. The van der Waals surface area contributed by atoms with Crippen molar-refractivity contribution in [3.05, 3.63) is 23.0 Å². The summed E-state index contributed by atoms with van der Waals surface area (Å²) in [6.07, 6.45) is 0. The van der Waals surface area contributed by atoms with E-state index in [-0.39, 0.29) is 11.3 Å². The molecule has 0 spiro atoms. The van der Waals surface area contributed by atoms with Gasteiger partial charge in [0.05, 0.1) is 7.11 Å². The van der Waals surface area contributed by atoms with Gasteiger partial charge in [0, 0.05) is 5.56 Å². The van der Waals surface area contributed by atoms with Gasteiger partial charge in [-0.25, -0.2) is 4.39 Å². The fourth-order valence-corrected chi connectivity index (χ4v) is 1.40. The maximum atomic E-state index is 13.6. The highest BCUT2D eigenvalue weighted by Gasteiger charge is 2.24. The average Bonchev–Trinajstić information content (AvgIpc) is 2.23. The molecule has 1 unspecified atom stereocenters. The maximum absolute atomic E-state index is 13.6. The van der Waals surface area contributed by atoms with Crippen LogP contribution in [0.1, 0.15) is 17.2 Å². The third-order valence-electron chi connectivity index (χ3n) is 2.21. The number of aryl methyl sites for hydroxylation is 1. The van der Waals surface area contributed by atoms with Gasteiger partial charge in [-0.05, 0) is 18.6 Å². The number of carbonyl (C=O) groups is 1. The monoisotopic (exact) mass is 229 g/mol. The molecule has 4 N–H and O–H groups in total. The first-order valence-electron chi connectivity index (χ1n) is 4.44. The highest BCUT2D eigenvalue weighted by molar-refractivity contribution is 5.76. The second-order valence-corrected chi connectivity index (χ2v) is 3.29. The Morgan fingerprint density at radius 3 is 2.62 bits per heavy atom. The van der Waals surface area contributed by atoms with Gasteiger partial charge in [0.25, 0.3) is 0 Å². The van der Waals surface area contributed by atoms with Gasteiger partial charge >= 0.3 is 5.97 Å². The Labute approximate surface area is 91.3 Å². The molecule has 0 aliphatic carbocycles. The molecule has 5 nitrogen and oxygen atoms in total. The van der Waals surface area contributed by atoms with E-state index in [1.54, 1.807) is 6.92 Å². The van der Waals surface area contributed by atoms with Crippen molar-refractivity contribution < 1.29 is 24.1 Å². The van der Waals surface area contributed by atoms with Gasteiger partial charge in [0.1, 0.15) is 6.04 Å². The van der Waals surface area contributed by atoms with E-state index in [1.807, 2.05) is 0 Å².